The number of carboxylic acids is 1. The van der Waals surface area contributed by atoms with E-state index in [9.17, 15) is 4.79 Å². The highest BCUT2D eigenvalue weighted by Crippen LogP contribution is 2.02. The number of carboxylic acid groups (broad SMARTS) is 1. The van der Waals surface area contributed by atoms with Crippen molar-refractivity contribution < 1.29 is 14.7 Å². The van der Waals surface area contributed by atoms with Crippen molar-refractivity contribution in [3.05, 3.63) is 5.53 Å². The van der Waals surface area contributed by atoms with Crippen molar-refractivity contribution in [2.24, 2.45) is 0 Å². The molecule has 48 valence electrons. The van der Waals surface area contributed by atoms with E-state index < -0.39 is 5.97 Å². The predicted molar refractivity (Wildman–Crippen MR) is 27.8 cm³/mol. The van der Waals surface area contributed by atoms with Crippen LogP contribution in [0.3, 0.4) is 0 Å². The van der Waals surface area contributed by atoms with Crippen LogP contribution in [0.2, 0.25) is 0 Å². The Morgan fingerprint density at radius 3 is 2.33 bits per heavy atom. The second kappa shape index (κ2) is 1.87. The van der Waals surface area contributed by atoms with Crippen LogP contribution in [-0.2, 0) is 4.79 Å². The van der Waals surface area contributed by atoms with Gasteiger partial charge in [0.1, 0.15) is 13.1 Å². The normalized spacial score (nSPS) is 14.4. The third-order valence-corrected chi connectivity index (χ3v) is 1.03. The van der Waals surface area contributed by atoms with Crippen LogP contribution in [0.5, 0.6) is 0 Å². The standard InChI is InChI=1S/C4H5N3O2/c5-6-3(4(8)9)7-1-2-7/h1-2H2,(H,8,9). The van der Waals surface area contributed by atoms with Gasteiger partial charge in [0.05, 0.1) is 0 Å². The van der Waals surface area contributed by atoms with E-state index in [-0.39, 0.29) is 5.84 Å². The van der Waals surface area contributed by atoms with E-state index in [0.29, 0.717) is 13.1 Å². The van der Waals surface area contributed by atoms with Gasteiger partial charge in [-0.25, -0.2) is 9.69 Å². The van der Waals surface area contributed by atoms with Crippen molar-refractivity contribution in [2.45, 2.75) is 0 Å². The van der Waals surface area contributed by atoms with Crippen LogP contribution in [0.25, 0.3) is 5.53 Å². The van der Waals surface area contributed by atoms with Crippen LogP contribution in [0.1, 0.15) is 0 Å². The number of rotatable bonds is 0. The first-order valence-corrected chi connectivity index (χ1v) is 2.46. The van der Waals surface area contributed by atoms with Crippen molar-refractivity contribution in [2.75, 3.05) is 13.1 Å². The van der Waals surface area contributed by atoms with Gasteiger partial charge in [0, 0.05) is 0 Å². The van der Waals surface area contributed by atoms with E-state index in [4.69, 9.17) is 10.6 Å². The molecule has 1 N–H and O–H groups in total. The highest BCUT2D eigenvalue weighted by molar-refractivity contribution is 6.32. The van der Waals surface area contributed by atoms with Gasteiger partial charge in [0.15, 0.2) is 0 Å². The smallest absolute Gasteiger partial charge is 0.441 e. The minimum atomic E-state index is -1.19. The maximum atomic E-state index is 10.1. The fraction of sp³-hybridized carbons (Fsp3) is 0.500. The van der Waals surface area contributed by atoms with Gasteiger partial charge in [0.25, 0.3) is 0 Å². The lowest BCUT2D eigenvalue weighted by Crippen LogP contribution is -2.22. The monoisotopic (exact) mass is 127 g/mol. The molecule has 0 aromatic carbocycles. The second-order valence-corrected chi connectivity index (χ2v) is 1.72. The largest absolute Gasteiger partial charge is 0.497 e. The Morgan fingerprint density at radius 2 is 2.22 bits per heavy atom. The molecule has 0 amide bonds. The van der Waals surface area contributed by atoms with Crippen LogP contribution in [0.15, 0.2) is 0 Å². The molecule has 1 aliphatic heterocycles. The third-order valence-electron chi connectivity index (χ3n) is 1.03. The zero-order chi connectivity index (χ0) is 6.85. The average Bonchev–Trinajstić information content (AvgIpc) is 2.50. The van der Waals surface area contributed by atoms with Gasteiger partial charge in [-0.1, -0.05) is 0 Å². The molecule has 0 aromatic rings. The van der Waals surface area contributed by atoms with E-state index in [1.165, 1.54) is 4.90 Å². The lowest BCUT2D eigenvalue weighted by atomic mass is 10.6. The van der Waals surface area contributed by atoms with Gasteiger partial charge < -0.3 is 15.4 Å². The molecule has 0 aromatic heterocycles. The summed E-state index contributed by atoms with van der Waals surface area (Å²) < 4.78 is 0. The molecule has 1 rings (SSSR count). The fourth-order valence-electron chi connectivity index (χ4n) is 0.503. The molecule has 0 saturated carbocycles. The SMILES string of the molecule is [N-]=[N+]=C(C(=O)O)N1CC1. The summed E-state index contributed by atoms with van der Waals surface area (Å²) >= 11 is 0. The quantitative estimate of drug-likeness (QED) is 0.149. The molecule has 1 fully saturated rings. The molecule has 0 spiro atoms. The van der Waals surface area contributed by atoms with Crippen molar-refractivity contribution in [1.29, 1.82) is 0 Å². The molecular formula is C4H5N3O2. The van der Waals surface area contributed by atoms with E-state index in [0.717, 1.165) is 0 Å². The van der Waals surface area contributed by atoms with Gasteiger partial charge in [-0.05, 0) is 0 Å². The van der Waals surface area contributed by atoms with Gasteiger partial charge in [0.2, 0.25) is 0 Å². The Kier molecular flexibility index (Phi) is 1.20. The van der Waals surface area contributed by atoms with Crippen LogP contribution in [-0.4, -0.2) is 39.7 Å². The fourth-order valence-corrected chi connectivity index (χ4v) is 0.503. The molecule has 1 saturated heterocycles. The summed E-state index contributed by atoms with van der Waals surface area (Å²) in [7, 11) is 0. The highest BCUT2D eigenvalue weighted by atomic mass is 16.4. The minimum Gasteiger partial charge on any atom is -0.497 e. The summed E-state index contributed by atoms with van der Waals surface area (Å²) in [6.45, 7) is 1.34. The zero-order valence-electron chi connectivity index (χ0n) is 4.61. The van der Waals surface area contributed by atoms with E-state index in [1.54, 1.807) is 0 Å². The molecule has 0 radical (unpaired) electrons. The summed E-state index contributed by atoms with van der Waals surface area (Å²) in [5.41, 5.74) is 8.07. The Bertz CT molecular complexity index is 190. The van der Waals surface area contributed by atoms with E-state index >= 15 is 0 Å². The number of amidine groups is 1. The average molecular weight is 127 g/mol. The van der Waals surface area contributed by atoms with Crippen LogP contribution in [0.4, 0.5) is 0 Å². The maximum absolute atomic E-state index is 10.1. The highest BCUT2D eigenvalue weighted by Gasteiger charge is 2.37. The van der Waals surface area contributed by atoms with Gasteiger partial charge in [-0.15, -0.1) is 0 Å². The Labute approximate surface area is 51.1 Å². The van der Waals surface area contributed by atoms with Crippen molar-refractivity contribution in [3.63, 3.8) is 0 Å². The molecule has 9 heavy (non-hydrogen) atoms. The summed E-state index contributed by atoms with van der Waals surface area (Å²) in [5.74, 6) is -1.45. The molecule has 1 aliphatic rings. The first kappa shape index (κ1) is 5.78. The predicted octanol–water partition coefficient (Wildman–Crippen LogP) is -0.985. The van der Waals surface area contributed by atoms with Crippen LogP contribution < -0.4 is 0 Å². The number of hydrogen-bond acceptors (Lipinski definition) is 1. The number of hydrogen-bond donors (Lipinski definition) is 1. The molecule has 5 heteroatoms. The topological polar surface area (TPSA) is 76.7 Å². The molecule has 0 atom stereocenters. The number of carbonyl (C=O) groups is 1. The number of nitrogens with zero attached hydrogens (tertiary/aromatic N) is 3. The Morgan fingerprint density at radius 1 is 1.67 bits per heavy atom. The third kappa shape index (κ3) is 1.06. The minimum absolute atomic E-state index is 0.269. The van der Waals surface area contributed by atoms with Crippen molar-refractivity contribution in [3.8, 4) is 0 Å². The van der Waals surface area contributed by atoms with E-state index in [1.807, 2.05) is 0 Å². The maximum Gasteiger partial charge on any atom is 0.441 e. The first-order chi connectivity index (χ1) is 4.25. The Hall–Kier alpha value is -1.35. The first-order valence-electron chi connectivity index (χ1n) is 2.46. The molecule has 5 nitrogen and oxygen atoms in total. The van der Waals surface area contributed by atoms with Gasteiger partial charge >= 0.3 is 11.8 Å². The van der Waals surface area contributed by atoms with Crippen LogP contribution >= 0.6 is 0 Å². The summed E-state index contributed by atoms with van der Waals surface area (Å²) in [6, 6.07) is 0. The van der Waals surface area contributed by atoms with Gasteiger partial charge in [-0.3, -0.25) is 0 Å². The van der Waals surface area contributed by atoms with Gasteiger partial charge in [-0.2, -0.15) is 0 Å². The molecule has 0 aliphatic carbocycles. The van der Waals surface area contributed by atoms with Crippen molar-refractivity contribution in [1.82, 2.24) is 4.90 Å². The summed E-state index contributed by atoms with van der Waals surface area (Å²) in [6.07, 6.45) is 0. The second-order valence-electron chi connectivity index (χ2n) is 1.72. The zero-order valence-corrected chi connectivity index (χ0v) is 4.61. The lowest BCUT2D eigenvalue weighted by Gasteiger charge is -1.85. The summed E-state index contributed by atoms with van der Waals surface area (Å²) in [5, 5.41) is 8.25. The van der Waals surface area contributed by atoms with Crippen LogP contribution in [0, 0.1) is 0 Å². The molecule has 0 bridgehead atoms. The lowest BCUT2D eigenvalue weighted by molar-refractivity contribution is -0.135. The Balaban J connectivity index is 2.70. The number of aliphatic carboxylic acids is 1. The summed E-state index contributed by atoms with van der Waals surface area (Å²) in [4.78, 5) is 14.1. The molecule has 1 heterocycles. The molecular weight excluding hydrogens is 122 g/mol. The van der Waals surface area contributed by atoms with Crippen molar-refractivity contribution >= 4 is 11.8 Å². The van der Waals surface area contributed by atoms with E-state index in [2.05, 4.69) is 4.79 Å². The molecule has 0 unspecified atom stereocenters.